The van der Waals surface area contributed by atoms with Gasteiger partial charge >= 0.3 is 0 Å². The van der Waals surface area contributed by atoms with Gasteiger partial charge in [0.05, 0.1) is 23.0 Å². The average Bonchev–Trinajstić information content (AvgIpc) is 2.99. The number of aryl methyl sites for hydroxylation is 2. The van der Waals surface area contributed by atoms with Gasteiger partial charge in [-0.3, -0.25) is 9.69 Å². The van der Waals surface area contributed by atoms with E-state index >= 15 is 0 Å². The van der Waals surface area contributed by atoms with Crippen molar-refractivity contribution >= 4 is 11.6 Å². The van der Waals surface area contributed by atoms with Gasteiger partial charge in [-0.2, -0.15) is 5.10 Å². The first-order valence-electron chi connectivity index (χ1n) is 8.59. The summed E-state index contributed by atoms with van der Waals surface area (Å²) in [6.45, 7) is 6.37. The van der Waals surface area contributed by atoms with Gasteiger partial charge in [0.2, 0.25) is 0 Å². The molecule has 3 aromatic rings. The maximum absolute atomic E-state index is 13.1. The van der Waals surface area contributed by atoms with Gasteiger partial charge in [0.15, 0.2) is 5.82 Å². The van der Waals surface area contributed by atoms with Crippen LogP contribution in [0.4, 0.5) is 5.69 Å². The Morgan fingerprint density at radius 3 is 2.69 bits per heavy atom. The van der Waals surface area contributed by atoms with Crippen molar-refractivity contribution in [3.05, 3.63) is 65.6 Å². The molecular formula is C20H20N4O2. The second-order valence-corrected chi connectivity index (χ2v) is 6.55. The van der Waals surface area contributed by atoms with E-state index in [0.717, 1.165) is 22.8 Å². The van der Waals surface area contributed by atoms with Crippen molar-refractivity contribution in [3.63, 3.8) is 0 Å². The van der Waals surface area contributed by atoms with Crippen molar-refractivity contribution in [2.24, 2.45) is 0 Å². The van der Waals surface area contributed by atoms with Gasteiger partial charge in [-0.15, -0.1) is 0 Å². The quantitative estimate of drug-likeness (QED) is 0.713. The van der Waals surface area contributed by atoms with Crippen LogP contribution in [0.15, 0.2) is 48.7 Å². The molecule has 0 spiro atoms. The van der Waals surface area contributed by atoms with E-state index in [1.807, 2.05) is 57.2 Å². The van der Waals surface area contributed by atoms with Gasteiger partial charge in [-0.25, -0.2) is 9.67 Å². The zero-order valence-electron chi connectivity index (χ0n) is 15.0. The predicted octanol–water partition coefficient (Wildman–Crippen LogP) is 3.31. The zero-order chi connectivity index (χ0) is 18.3. The van der Waals surface area contributed by atoms with Crippen molar-refractivity contribution in [1.29, 1.82) is 0 Å². The van der Waals surface area contributed by atoms with Crippen LogP contribution in [0.3, 0.4) is 0 Å². The van der Waals surface area contributed by atoms with Crippen molar-refractivity contribution in [1.82, 2.24) is 14.8 Å². The molecule has 0 bridgehead atoms. The highest BCUT2D eigenvalue weighted by Crippen LogP contribution is 2.34. The van der Waals surface area contributed by atoms with E-state index in [4.69, 9.17) is 4.74 Å². The number of para-hydroxylation sites is 2. The van der Waals surface area contributed by atoms with Crippen LogP contribution in [0.1, 0.15) is 28.7 Å². The molecule has 3 heterocycles. The molecule has 0 saturated carbocycles. The highest BCUT2D eigenvalue weighted by Gasteiger charge is 2.30. The van der Waals surface area contributed by atoms with Crippen LogP contribution in [-0.4, -0.2) is 33.3 Å². The predicted molar refractivity (Wildman–Crippen MR) is 99.0 cm³/mol. The molecule has 4 rings (SSSR count). The molecule has 1 aliphatic heterocycles. The average molecular weight is 348 g/mol. The molecule has 1 aliphatic rings. The minimum absolute atomic E-state index is 0.0481. The Morgan fingerprint density at radius 1 is 1.19 bits per heavy atom. The van der Waals surface area contributed by atoms with Crippen molar-refractivity contribution in [2.45, 2.75) is 26.8 Å². The molecule has 1 unspecified atom stereocenters. The molecule has 0 N–H and O–H groups in total. The highest BCUT2D eigenvalue weighted by atomic mass is 16.5. The van der Waals surface area contributed by atoms with E-state index in [-0.39, 0.29) is 11.9 Å². The molecule has 26 heavy (non-hydrogen) atoms. The fraction of sp³-hybridized carbons (Fsp3) is 0.250. The summed E-state index contributed by atoms with van der Waals surface area (Å²) in [5.74, 6) is 1.34. The van der Waals surface area contributed by atoms with Crippen LogP contribution in [-0.2, 0) is 0 Å². The normalized spacial score (nSPS) is 16.1. The number of carbonyl (C=O) groups is 1. The fourth-order valence-electron chi connectivity index (χ4n) is 3.25. The number of nitrogens with zero attached hydrogens (tertiary/aromatic N) is 4. The lowest BCUT2D eigenvalue weighted by Crippen LogP contribution is -2.45. The van der Waals surface area contributed by atoms with Gasteiger partial charge in [0, 0.05) is 11.9 Å². The minimum Gasteiger partial charge on any atom is -0.489 e. The Hall–Kier alpha value is -3.15. The Balaban J connectivity index is 1.66. The highest BCUT2D eigenvalue weighted by molar-refractivity contribution is 6.07. The fourth-order valence-corrected chi connectivity index (χ4v) is 3.25. The van der Waals surface area contributed by atoms with Gasteiger partial charge < -0.3 is 4.74 Å². The van der Waals surface area contributed by atoms with Crippen molar-refractivity contribution in [2.75, 3.05) is 11.5 Å². The number of carbonyl (C=O) groups excluding carboxylic acids is 1. The maximum atomic E-state index is 13.1. The largest absolute Gasteiger partial charge is 0.489 e. The molecule has 0 saturated heterocycles. The van der Waals surface area contributed by atoms with E-state index in [2.05, 4.69) is 10.1 Å². The van der Waals surface area contributed by atoms with E-state index in [1.54, 1.807) is 21.8 Å². The number of hydrogen-bond acceptors (Lipinski definition) is 4. The molecule has 0 fully saturated rings. The first-order chi connectivity index (χ1) is 12.5. The molecule has 2 aromatic heterocycles. The smallest absolute Gasteiger partial charge is 0.260 e. The lowest BCUT2D eigenvalue weighted by molar-refractivity contribution is 0.0960. The number of amides is 1. The number of hydrogen-bond donors (Lipinski definition) is 0. The van der Waals surface area contributed by atoms with Gasteiger partial charge in [-0.1, -0.05) is 12.1 Å². The van der Waals surface area contributed by atoms with Crippen LogP contribution in [0, 0.1) is 13.8 Å². The SMILES string of the molecule is Cc1cc(C)n(-c2ccc(C(=O)N3c4ccccc4OCC3C)cn2)n1. The number of aromatic nitrogens is 3. The van der Waals surface area contributed by atoms with Crippen LogP contribution >= 0.6 is 0 Å². The Kier molecular flexibility index (Phi) is 3.95. The molecule has 6 nitrogen and oxygen atoms in total. The van der Waals surface area contributed by atoms with Crippen molar-refractivity contribution in [3.8, 4) is 11.6 Å². The van der Waals surface area contributed by atoms with E-state index in [0.29, 0.717) is 18.0 Å². The summed E-state index contributed by atoms with van der Waals surface area (Å²) in [6, 6.07) is 13.2. The summed E-state index contributed by atoms with van der Waals surface area (Å²) in [6.07, 6.45) is 1.61. The van der Waals surface area contributed by atoms with Crippen LogP contribution < -0.4 is 9.64 Å². The molecule has 0 aliphatic carbocycles. The Bertz CT molecular complexity index is 962. The van der Waals surface area contributed by atoms with Crippen LogP contribution in [0.2, 0.25) is 0 Å². The number of benzene rings is 1. The number of fused-ring (bicyclic) bond motifs is 1. The monoisotopic (exact) mass is 348 g/mol. The summed E-state index contributed by atoms with van der Waals surface area (Å²) < 4.78 is 7.50. The molecule has 1 amide bonds. The number of ether oxygens (including phenoxy) is 1. The summed E-state index contributed by atoms with van der Waals surface area (Å²) in [5, 5.41) is 4.43. The standard InChI is InChI=1S/C20H20N4O2/c1-13-10-14(2)24(22-13)19-9-8-16(11-21-19)20(25)23-15(3)12-26-18-7-5-4-6-17(18)23/h4-11,15H,12H2,1-3H3. The second kappa shape index (κ2) is 6.29. The third-order valence-electron chi connectivity index (χ3n) is 4.49. The number of rotatable bonds is 2. The van der Waals surface area contributed by atoms with Crippen molar-refractivity contribution < 1.29 is 9.53 Å². The third kappa shape index (κ3) is 2.73. The van der Waals surface area contributed by atoms with E-state index < -0.39 is 0 Å². The lowest BCUT2D eigenvalue weighted by atomic mass is 10.1. The molecular weight excluding hydrogens is 328 g/mol. The zero-order valence-corrected chi connectivity index (χ0v) is 15.0. The van der Waals surface area contributed by atoms with E-state index in [9.17, 15) is 4.79 Å². The first-order valence-corrected chi connectivity index (χ1v) is 8.59. The van der Waals surface area contributed by atoms with E-state index in [1.165, 1.54) is 0 Å². The topological polar surface area (TPSA) is 60.2 Å². The maximum Gasteiger partial charge on any atom is 0.260 e. The molecule has 132 valence electrons. The molecule has 6 heteroatoms. The van der Waals surface area contributed by atoms with Gasteiger partial charge in [0.1, 0.15) is 12.4 Å². The number of pyridine rings is 1. The third-order valence-corrected chi connectivity index (χ3v) is 4.49. The molecule has 1 aromatic carbocycles. The molecule has 1 atom stereocenters. The minimum atomic E-state index is -0.0827. The van der Waals surface area contributed by atoms with Gasteiger partial charge in [0.25, 0.3) is 5.91 Å². The summed E-state index contributed by atoms with van der Waals surface area (Å²) in [4.78, 5) is 19.3. The Labute approximate surface area is 152 Å². The summed E-state index contributed by atoms with van der Waals surface area (Å²) in [5.41, 5.74) is 3.27. The summed E-state index contributed by atoms with van der Waals surface area (Å²) >= 11 is 0. The second-order valence-electron chi connectivity index (χ2n) is 6.55. The lowest BCUT2D eigenvalue weighted by Gasteiger charge is -2.35. The summed E-state index contributed by atoms with van der Waals surface area (Å²) in [7, 11) is 0. The first kappa shape index (κ1) is 16.3. The van der Waals surface area contributed by atoms with Crippen LogP contribution in [0.25, 0.3) is 5.82 Å². The van der Waals surface area contributed by atoms with Gasteiger partial charge in [-0.05, 0) is 51.1 Å². The van der Waals surface area contributed by atoms with Crippen LogP contribution in [0.5, 0.6) is 5.75 Å². The molecule has 0 radical (unpaired) electrons. The Morgan fingerprint density at radius 2 is 2.00 bits per heavy atom. The number of anilines is 1.